The summed E-state index contributed by atoms with van der Waals surface area (Å²) in [5.74, 6) is -0.932. The van der Waals surface area contributed by atoms with E-state index in [1.165, 1.54) is 0 Å². The molecular formula is C20H30O3. The molecule has 23 heavy (non-hydrogen) atoms. The van der Waals surface area contributed by atoms with E-state index in [0.717, 1.165) is 38.5 Å². The number of aliphatic carboxylic acids is 1. The lowest BCUT2D eigenvalue weighted by atomic mass is 10.2. The number of unbranched alkanes of at least 4 members (excludes halogenated alkanes) is 1. The fourth-order valence-corrected chi connectivity index (χ4v) is 1.69. The third-order valence-electron chi connectivity index (χ3n) is 2.83. The first-order valence-corrected chi connectivity index (χ1v) is 8.31. The van der Waals surface area contributed by atoms with Gasteiger partial charge in [-0.2, -0.15) is 0 Å². The van der Waals surface area contributed by atoms with Gasteiger partial charge in [-0.25, -0.2) is 4.79 Å². The molecule has 1 N–H and O–H groups in total. The zero-order chi connectivity index (χ0) is 17.0. The van der Waals surface area contributed by atoms with Crippen LogP contribution in [0, 0.1) is 0 Å². The molecule has 0 amide bonds. The molecule has 0 aromatic rings. The second kappa shape index (κ2) is 18.2. The average molecular weight is 318 g/mol. The molecule has 0 rings (SSSR count). The molecule has 0 spiro atoms. The third-order valence-corrected chi connectivity index (χ3v) is 2.83. The second-order valence-corrected chi connectivity index (χ2v) is 4.96. The molecular weight excluding hydrogens is 288 g/mol. The Morgan fingerprint density at radius 2 is 1.26 bits per heavy atom. The van der Waals surface area contributed by atoms with Crippen LogP contribution in [0.2, 0.25) is 0 Å². The highest BCUT2D eigenvalue weighted by Crippen LogP contribution is 1.97. The molecule has 0 aliphatic carbocycles. The van der Waals surface area contributed by atoms with Gasteiger partial charge in [-0.15, -0.1) is 0 Å². The third kappa shape index (κ3) is 20.1. The van der Waals surface area contributed by atoms with Crippen LogP contribution in [-0.2, 0) is 9.53 Å². The number of ether oxygens (including phenoxy) is 1. The molecule has 0 saturated carbocycles. The Hall–Kier alpha value is -1.87. The maximum atomic E-state index is 10.2. The normalized spacial score (nSPS) is 12.7. The van der Waals surface area contributed by atoms with Crippen molar-refractivity contribution in [1.29, 1.82) is 0 Å². The Morgan fingerprint density at radius 1 is 0.783 bits per heavy atom. The Morgan fingerprint density at radius 3 is 1.78 bits per heavy atom. The number of carbonyl (C=O) groups is 1. The molecule has 128 valence electrons. The van der Waals surface area contributed by atoms with E-state index in [0.29, 0.717) is 6.61 Å². The van der Waals surface area contributed by atoms with Crippen LogP contribution >= 0.6 is 0 Å². The van der Waals surface area contributed by atoms with Crippen LogP contribution in [0.1, 0.15) is 45.4 Å². The van der Waals surface area contributed by atoms with E-state index in [9.17, 15) is 4.79 Å². The highest BCUT2D eigenvalue weighted by molar-refractivity contribution is 5.67. The van der Waals surface area contributed by atoms with Gasteiger partial charge in [0.05, 0.1) is 6.61 Å². The predicted octanol–water partition coefficient (Wildman–Crippen LogP) is 5.23. The lowest BCUT2D eigenvalue weighted by molar-refractivity contribution is -0.141. The highest BCUT2D eigenvalue weighted by atomic mass is 16.5. The van der Waals surface area contributed by atoms with Gasteiger partial charge >= 0.3 is 5.97 Å². The van der Waals surface area contributed by atoms with Gasteiger partial charge in [0.1, 0.15) is 6.61 Å². The molecule has 0 unspecified atom stereocenters. The summed E-state index contributed by atoms with van der Waals surface area (Å²) in [6.45, 7) is 2.27. The molecule has 0 atom stereocenters. The van der Waals surface area contributed by atoms with Gasteiger partial charge in [0.2, 0.25) is 0 Å². The van der Waals surface area contributed by atoms with Crippen LogP contribution in [0.4, 0.5) is 0 Å². The average Bonchev–Trinajstić information content (AvgIpc) is 2.53. The van der Waals surface area contributed by atoms with E-state index >= 15 is 0 Å². The summed E-state index contributed by atoms with van der Waals surface area (Å²) in [5, 5.41) is 8.38. The van der Waals surface area contributed by atoms with E-state index < -0.39 is 5.97 Å². The van der Waals surface area contributed by atoms with Crippen molar-refractivity contribution in [3.8, 4) is 0 Å². The summed E-state index contributed by atoms with van der Waals surface area (Å²) in [5.41, 5.74) is 0. The van der Waals surface area contributed by atoms with E-state index in [4.69, 9.17) is 9.84 Å². The van der Waals surface area contributed by atoms with Crippen LogP contribution < -0.4 is 0 Å². The van der Waals surface area contributed by atoms with Crippen molar-refractivity contribution < 1.29 is 14.6 Å². The van der Waals surface area contributed by atoms with Gasteiger partial charge < -0.3 is 9.84 Å². The predicted molar refractivity (Wildman–Crippen MR) is 97.5 cm³/mol. The maximum Gasteiger partial charge on any atom is 0.329 e. The molecule has 0 aromatic heterocycles. The van der Waals surface area contributed by atoms with Crippen LogP contribution in [-0.4, -0.2) is 24.3 Å². The monoisotopic (exact) mass is 318 g/mol. The minimum Gasteiger partial charge on any atom is -0.480 e. The highest BCUT2D eigenvalue weighted by Gasteiger charge is 1.92. The zero-order valence-electron chi connectivity index (χ0n) is 14.2. The van der Waals surface area contributed by atoms with Crippen LogP contribution in [0.5, 0.6) is 0 Å². The zero-order valence-corrected chi connectivity index (χ0v) is 14.2. The van der Waals surface area contributed by atoms with E-state index in [2.05, 4.69) is 55.5 Å². The number of carboxylic acid groups (broad SMARTS) is 1. The van der Waals surface area contributed by atoms with Crippen molar-refractivity contribution in [3.05, 3.63) is 60.8 Å². The van der Waals surface area contributed by atoms with Crippen LogP contribution in [0.25, 0.3) is 0 Å². The molecule has 0 radical (unpaired) electrons. The fraction of sp³-hybridized carbons (Fsp3) is 0.450. The van der Waals surface area contributed by atoms with Crippen molar-refractivity contribution in [1.82, 2.24) is 0 Å². The minimum absolute atomic E-state index is 0.235. The number of carboxylic acids is 1. The Bertz CT molecular complexity index is 415. The molecule has 0 aliphatic heterocycles. The van der Waals surface area contributed by atoms with Crippen molar-refractivity contribution in [2.24, 2.45) is 0 Å². The van der Waals surface area contributed by atoms with Crippen molar-refractivity contribution >= 4 is 5.97 Å². The molecule has 3 nitrogen and oxygen atoms in total. The standard InChI is InChI=1S/C20H30O3/c1-2-3-4-5-6-7-8-9-10-11-12-13-14-15-16-17-18-23-19-20(21)22/h3-4,6-7,9-10,12-13,16-17H,2,5,8,11,14-15,18-19H2,1H3,(H,21,22)/b4-3+,7-6+,10-9+,13-12+,17-16+. The number of hydrogen-bond donors (Lipinski definition) is 1. The number of hydrogen-bond acceptors (Lipinski definition) is 2. The lowest BCUT2D eigenvalue weighted by Gasteiger charge is -1.94. The SMILES string of the molecule is CC/C=C/C/C=C/C/C=C/C/C=C/CC/C=C/COCC(=O)O. The molecule has 3 heteroatoms. The quantitative estimate of drug-likeness (QED) is 0.352. The summed E-state index contributed by atoms with van der Waals surface area (Å²) in [4.78, 5) is 10.2. The summed E-state index contributed by atoms with van der Waals surface area (Å²) in [6, 6.07) is 0. The van der Waals surface area contributed by atoms with Gasteiger partial charge in [0, 0.05) is 0 Å². The van der Waals surface area contributed by atoms with Gasteiger partial charge in [-0.1, -0.05) is 67.7 Å². The molecule has 0 aromatic carbocycles. The largest absolute Gasteiger partial charge is 0.480 e. The van der Waals surface area contributed by atoms with Gasteiger partial charge in [-0.05, 0) is 38.5 Å². The Balaban J connectivity index is 3.43. The summed E-state index contributed by atoms with van der Waals surface area (Å²) < 4.78 is 4.89. The van der Waals surface area contributed by atoms with E-state index in [1.807, 2.05) is 12.2 Å². The van der Waals surface area contributed by atoms with Crippen molar-refractivity contribution in [2.75, 3.05) is 13.2 Å². The first-order valence-electron chi connectivity index (χ1n) is 8.31. The molecule has 0 fully saturated rings. The Kier molecular flexibility index (Phi) is 16.7. The van der Waals surface area contributed by atoms with Gasteiger partial charge in [0.25, 0.3) is 0 Å². The van der Waals surface area contributed by atoms with Crippen molar-refractivity contribution in [3.63, 3.8) is 0 Å². The van der Waals surface area contributed by atoms with Crippen LogP contribution in [0.15, 0.2) is 60.8 Å². The minimum atomic E-state index is -0.932. The maximum absolute atomic E-state index is 10.2. The second-order valence-electron chi connectivity index (χ2n) is 4.96. The number of allylic oxidation sites excluding steroid dienone is 9. The summed E-state index contributed by atoms with van der Waals surface area (Å²) in [6.07, 6.45) is 27.4. The van der Waals surface area contributed by atoms with Gasteiger partial charge in [0.15, 0.2) is 0 Å². The lowest BCUT2D eigenvalue weighted by Crippen LogP contribution is -2.06. The first-order chi connectivity index (χ1) is 11.3. The van der Waals surface area contributed by atoms with Gasteiger partial charge in [-0.3, -0.25) is 0 Å². The van der Waals surface area contributed by atoms with E-state index in [1.54, 1.807) is 0 Å². The topological polar surface area (TPSA) is 46.5 Å². The summed E-state index contributed by atoms with van der Waals surface area (Å²) in [7, 11) is 0. The smallest absolute Gasteiger partial charge is 0.329 e. The number of rotatable bonds is 14. The Labute approximate surface area is 140 Å². The molecule has 0 aliphatic rings. The summed E-state index contributed by atoms with van der Waals surface area (Å²) >= 11 is 0. The van der Waals surface area contributed by atoms with Crippen LogP contribution in [0.3, 0.4) is 0 Å². The van der Waals surface area contributed by atoms with E-state index in [-0.39, 0.29) is 6.61 Å². The van der Waals surface area contributed by atoms with Crippen molar-refractivity contribution in [2.45, 2.75) is 45.4 Å². The molecule has 0 heterocycles. The molecule has 0 saturated heterocycles. The fourth-order valence-electron chi connectivity index (χ4n) is 1.69. The molecule has 0 bridgehead atoms. The first kappa shape index (κ1) is 21.1.